The van der Waals surface area contributed by atoms with Gasteiger partial charge in [-0.2, -0.15) is 5.26 Å². The zero-order chi connectivity index (χ0) is 16.5. The highest BCUT2D eigenvalue weighted by atomic mass is 16.6. The smallest absolute Gasteiger partial charge is 0.348 e. The molecule has 0 spiro atoms. The van der Waals surface area contributed by atoms with Crippen molar-refractivity contribution in [3.63, 3.8) is 0 Å². The maximum absolute atomic E-state index is 11.6. The van der Waals surface area contributed by atoms with Crippen LogP contribution in [-0.2, 0) is 14.3 Å². The summed E-state index contributed by atoms with van der Waals surface area (Å²) in [5, 5.41) is 9.00. The Bertz CT molecular complexity index is 628. The molecule has 0 unspecified atom stereocenters. The molecule has 0 aliphatic carbocycles. The first kappa shape index (κ1) is 17.2. The lowest BCUT2D eigenvalue weighted by atomic mass is 10.1. The monoisotopic (exact) mass is 303 g/mol. The van der Waals surface area contributed by atoms with Gasteiger partial charge in [0.2, 0.25) is 0 Å². The zero-order valence-electron chi connectivity index (χ0n) is 12.7. The van der Waals surface area contributed by atoms with Gasteiger partial charge >= 0.3 is 11.9 Å². The Kier molecular flexibility index (Phi) is 6.64. The van der Waals surface area contributed by atoms with Crippen molar-refractivity contribution in [2.24, 2.45) is 0 Å². The van der Waals surface area contributed by atoms with Gasteiger partial charge in [-0.25, -0.2) is 4.79 Å². The molecule has 0 aliphatic heterocycles. The number of methoxy groups -OCH3 is 1. The molecular formula is C16H17NO5. The number of carbonyl (C=O) groups is 2. The van der Waals surface area contributed by atoms with Crippen LogP contribution in [-0.4, -0.2) is 25.7 Å². The summed E-state index contributed by atoms with van der Waals surface area (Å²) >= 11 is 0. The van der Waals surface area contributed by atoms with Gasteiger partial charge in [0.1, 0.15) is 11.6 Å². The molecule has 22 heavy (non-hydrogen) atoms. The molecular weight excluding hydrogens is 286 g/mol. The molecule has 0 saturated carbocycles. The van der Waals surface area contributed by atoms with Crippen molar-refractivity contribution < 1.29 is 23.8 Å². The normalized spacial score (nSPS) is 10.5. The van der Waals surface area contributed by atoms with E-state index in [0.717, 1.165) is 0 Å². The molecule has 0 saturated heterocycles. The van der Waals surface area contributed by atoms with Crippen LogP contribution in [0.15, 0.2) is 23.8 Å². The SMILES string of the molecule is CCOC(=O)/C(C#N)=C/c1ccc(OC(=O)CC)c(OC)c1. The van der Waals surface area contributed by atoms with Gasteiger partial charge in [0.05, 0.1) is 13.7 Å². The van der Waals surface area contributed by atoms with Crippen molar-refractivity contribution in [1.82, 2.24) is 0 Å². The summed E-state index contributed by atoms with van der Waals surface area (Å²) in [6, 6.07) is 6.50. The molecule has 0 N–H and O–H groups in total. The maximum Gasteiger partial charge on any atom is 0.348 e. The van der Waals surface area contributed by atoms with Crippen LogP contribution in [0.5, 0.6) is 11.5 Å². The summed E-state index contributed by atoms with van der Waals surface area (Å²) in [6.45, 7) is 3.53. The number of esters is 2. The van der Waals surface area contributed by atoms with Gasteiger partial charge in [-0.05, 0) is 30.7 Å². The van der Waals surface area contributed by atoms with E-state index in [1.165, 1.54) is 13.2 Å². The Morgan fingerprint density at radius 3 is 2.55 bits per heavy atom. The maximum atomic E-state index is 11.6. The molecule has 116 valence electrons. The van der Waals surface area contributed by atoms with Gasteiger partial charge in [-0.3, -0.25) is 4.79 Å². The Morgan fingerprint density at radius 1 is 1.27 bits per heavy atom. The second-order valence-corrected chi connectivity index (χ2v) is 4.13. The van der Waals surface area contributed by atoms with E-state index in [-0.39, 0.29) is 30.3 Å². The van der Waals surface area contributed by atoms with E-state index in [4.69, 9.17) is 19.5 Å². The lowest BCUT2D eigenvalue weighted by Gasteiger charge is -2.09. The van der Waals surface area contributed by atoms with Gasteiger partial charge in [-0.15, -0.1) is 0 Å². The predicted octanol–water partition coefficient (Wildman–Crippen LogP) is 2.48. The molecule has 0 aliphatic rings. The number of hydrogen-bond acceptors (Lipinski definition) is 6. The third-order valence-electron chi connectivity index (χ3n) is 2.63. The summed E-state index contributed by atoms with van der Waals surface area (Å²) in [4.78, 5) is 22.9. The van der Waals surface area contributed by atoms with Crippen LogP contribution in [0.25, 0.3) is 6.08 Å². The Hall–Kier alpha value is -2.81. The average Bonchev–Trinajstić information content (AvgIpc) is 2.53. The minimum atomic E-state index is -0.689. The fourth-order valence-corrected chi connectivity index (χ4v) is 1.57. The quantitative estimate of drug-likeness (QED) is 0.347. The van der Waals surface area contributed by atoms with E-state index >= 15 is 0 Å². The summed E-state index contributed by atoms with van der Waals surface area (Å²) in [7, 11) is 1.43. The van der Waals surface area contributed by atoms with Crippen molar-refractivity contribution in [2.45, 2.75) is 20.3 Å². The standard InChI is InChI=1S/C16H17NO5/c1-4-15(18)22-13-7-6-11(9-14(13)20-3)8-12(10-17)16(19)21-5-2/h6-9H,4-5H2,1-3H3/b12-8+. The minimum absolute atomic E-state index is 0.123. The first-order valence-corrected chi connectivity index (χ1v) is 6.73. The number of nitrogens with zero attached hydrogens (tertiary/aromatic N) is 1. The molecule has 1 aromatic rings. The van der Waals surface area contributed by atoms with E-state index in [9.17, 15) is 9.59 Å². The van der Waals surface area contributed by atoms with Gasteiger partial charge in [-0.1, -0.05) is 13.0 Å². The average molecular weight is 303 g/mol. The molecule has 0 amide bonds. The lowest BCUT2D eigenvalue weighted by molar-refractivity contribution is -0.138. The van der Waals surface area contributed by atoms with Gasteiger partial charge < -0.3 is 14.2 Å². The summed E-state index contributed by atoms with van der Waals surface area (Å²) in [6.07, 6.45) is 1.62. The highest BCUT2D eigenvalue weighted by Crippen LogP contribution is 2.29. The Morgan fingerprint density at radius 2 is 2.00 bits per heavy atom. The third kappa shape index (κ3) is 4.63. The highest BCUT2D eigenvalue weighted by molar-refractivity contribution is 5.98. The molecule has 0 atom stereocenters. The van der Waals surface area contributed by atoms with Crippen molar-refractivity contribution >= 4 is 18.0 Å². The van der Waals surface area contributed by atoms with Crippen LogP contribution in [0.2, 0.25) is 0 Å². The van der Waals surface area contributed by atoms with E-state index < -0.39 is 5.97 Å². The number of nitriles is 1. The number of benzene rings is 1. The van der Waals surface area contributed by atoms with Crippen LogP contribution >= 0.6 is 0 Å². The van der Waals surface area contributed by atoms with Crippen molar-refractivity contribution in [3.05, 3.63) is 29.3 Å². The molecule has 0 fully saturated rings. The molecule has 0 radical (unpaired) electrons. The zero-order valence-corrected chi connectivity index (χ0v) is 12.7. The highest BCUT2D eigenvalue weighted by Gasteiger charge is 2.12. The van der Waals surface area contributed by atoms with Crippen LogP contribution in [0.1, 0.15) is 25.8 Å². The molecule has 0 aromatic heterocycles. The summed E-state index contributed by atoms with van der Waals surface area (Å²) < 4.78 is 15.0. The van der Waals surface area contributed by atoms with Gasteiger partial charge in [0, 0.05) is 6.42 Å². The fourth-order valence-electron chi connectivity index (χ4n) is 1.57. The third-order valence-corrected chi connectivity index (χ3v) is 2.63. The van der Waals surface area contributed by atoms with Crippen molar-refractivity contribution in [3.8, 4) is 17.6 Å². The lowest BCUT2D eigenvalue weighted by Crippen LogP contribution is -2.07. The van der Waals surface area contributed by atoms with Crippen LogP contribution in [0, 0.1) is 11.3 Å². The van der Waals surface area contributed by atoms with E-state index in [1.807, 2.05) is 0 Å². The molecule has 0 heterocycles. The summed E-state index contributed by atoms with van der Waals surface area (Å²) in [5.74, 6) is -0.464. The molecule has 6 nitrogen and oxygen atoms in total. The van der Waals surface area contributed by atoms with Gasteiger partial charge in [0.15, 0.2) is 11.5 Å². The minimum Gasteiger partial charge on any atom is -0.493 e. The Labute approximate surface area is 128 Å². The summed E-state index contributed by atoms with van der Waals surface area (Å²) in [5.41, 5.74) is 0.431. The number of rotatable bonds is 6. The van der Waals surface area contributed by atoms with Crippen LogP contribution in [0.3, 0.4) is 0 Å². The molecule has 1 aromatic carbocycles. The number of ether oxygens (including phenoxy) is 3. The number of carbonyl (C=O) groups excluding carboxylic acids is 2. The number of hydrogen-bond donors (Lipinski definition) is 0. The largest absolute Gasteiger partial charge is 0.493 e. The fraction of sp³-hybridized carbons (Fsp3) is 0.312. The van der Waals surface area contributed by atoms with Crippen LogP contribution < -0.4 is 9.47 Å². The second-order valence-electron chi connectivity index (χ2n) is 4.13. The van der Waals surface area contributed by atoms with E-state index in [0.29, 0.717) is 11.3 Å². The van der Waals surface area contributed by atoms with Crippen molar-refractivity contribution in [1.29, 1.82) is 5.26 Å². The molecule has 6 heteroatoms. The predicted molar refractivity (Wildman–Crippen MR) is 79.1 cm³/mol. The van der Waals surface area contributed by atoms with E-state index in [2.05, 4.69) is 0 Å². The Balaban J connectivity index is 3.09. The van der Waals surface area contributed by atoms with Crippen LogP contribution in [0.4, 0.5) is 0 Å². The van der Waals surface area contributed by atoms with E-state index in [1.54, 1.807) is 38.1 Å². The van der Waals surface area contributed by atoms with Gasteiger partial charge in [0.25, 0.3) is 0 Å². The molecule has 1 rings (SSSR count). The first-order valence-electron chi connectivity index (χ1n) is 6.73. The van der Waals surface area contributed by atoms with Crippen molar-refractivity contribution in [2.75, 3.05) is 13.7 Å². The second kappa shape index (κ2) is 8.47. The topological polar surface area (TPSA) is 85.6 Å². The molecule has 0 bridgehead atoms. The first-order chi connectivity index (χ1) is 10.5.